The van der Waals surface area contributed by atoms with Crippen LogP contribution in [0.15, 0.2) is 30.3 Å². The van der Waals surface area contributed by atoms with Crippen molar-refractivity contribution in [1.29, 1.82) is 0 Å². The molecule has 0 aliphatic carbocycles. The van der Waals surface area contributed by atoms with Crippen LogP contribution in [-0.4, -0.2) is 43.5 Å². The van der Waals surface area contributed by atoms with Gasteiger partial charge < -0.3 is 9.67 Å². The van der Waals surface area contributed by atoms with Crippen LogP contribution in [0.25, 0.3) is 11.4 Å². The van der Waals surface area contributed by atoms with Crippen molar-refractivity contribution in [3.8, 4) is 11.4 Å². The number of hydrogen-bond donors (Lipinski definition) is 1. The Hall–Kier alpha value is -1.50. The van der Waals surface area contributed by atoms with Crippen LogP contribution < -0.4 is 0 Å². The van der Waals surface area contributed by atoms with E-state index in [9.17, 15) is 5.11 Å². The Morgan fingerprint density at radius 1 is 1.33 bits per heavy atom. The standard InChI is InChI=1S/C15H20N4OS/c1-17-14(12-6-3-2-4-7-12)16-19(15(17)21)11-18-9-5-8-13(20)10-18/h2-4,6-7,13,20H,5,8-11H2,1H3/t13-/m0/s1. The van der Waals surface area contributed by atoms with Gasteiger partial charge in [0.1, 0.15) is 0 Å². The van der Waals surface area contributed by atoms with E-state index in [0.717, 1.165) is 30.8 Å². The molecule has 1 aliphatic rings. The van der Waals surface area contributed by atoms with Crippen molar-refractivity contribution in [1.82, 2.24) is 19.2 Å². The van der Waals surface area contributed by atoms with Crippen LogP contribution >= 0.6 is 12.2 Å². The highest BCUT2D eigenvalue weighted by Gasteiger charge is 2.19. The third-order valence-corrected chi connectivity index (χ3v) is 4.37. The number of piperidine rings is 1. The minimum Gasteiger partial charge on any atom is -0.392 e. The molecule has 3 rings (SSSR count). The van der Waals surface area contributed by atoms with Gasteiger partial charge in [-0.3, -0.25) is 4.90 Å². The molecule has 21 heavy (non-hydrogen) atoms. The molecule has 6 heteroatoms. The Bertz CT molecular complexity index is 664. The number of benzene rings is 1. The van der Waals surface area contributed by atoms with Gasteiger partial charge in [0.05, 0.1) is 12.8 Å². The summed E-state index contributed by atoms with van der Waals surface area (Å²) >= 11 is 5.49. The molecule has 2 heterocycles. The average molecular weight is 304 g/mol. The lowest BCUT2D eigenvalue weighted by molar-refractivity contribution is 0.0513. The van der Waals surface area contributed by atoms with Crippen molar-refractivity contribution in [2.24, 2.45) is 7.05 Å². The second-order valence-electron chi connectivity index (χ2n) is 5.55. The SMILES string of the molecule is Cn1c(-c2ccccc2)nn(CN2CCC[C@H](O)C2)c1=S. The molecule has 0 saturated carbocycles. The van der Waals surface area contributed by atoms with E-state index in [1.54, 1.807) is 0 Å². The molecule has 1 aromatic heterocycles. The Morgan fingerprint density at radius 2 is 2.10 bits per heavy atom. The first-order valence-corrected chi connectivity index (χ1v) is 7.65. The number of β-amino-alcohol motifs (C(OH)–C–C–N with tert-alkyl or cyclic N) is 1. The number of aliphatic hydroxyl groups is 1. The van der Waals surface area contributed by atoms with Crippen molar-refractivity contribution in [3.05, 3.63) is 35.1 Å². The third kappa shape index (κ3) is 3.07. The van der Waals surface area contributed by atoms with E-state index in [1.807, 2.05) is 46.6 Å². The molecule has 1 N–H and O–H groups in total. The van der Waals surface area contributed by atoms with Crippen LogP contribution in [0.2, 0.25) is 0 Å². The molecule has 1 aliphatic heterocycles. The fourth-order valence-corrected chi connectivity index (χ4v) is 2.95. The molecule has 1 aromatic carbocycles. The van der Waals surface area contributed by atoms with Crippen LogP contribution in [0.5, 0.6) is 0 Å². The van der Waals surface area contributed by atoms with Gasteiger partial charge in [0.15, 0.2) is 10.6 Å². The molecule has 0 amide bonds. The Balaban J connectivity index is 1.85. The maximum Gasteiger partial charge on any atom is 0.199 e. The van der Waals surface area contributed by atoms with E-state index in [4.69, 9.17) is 12.2 Å². The van der Waals surface area contributed by atoms with E-state index >= 15 is 0 Å². The zero-order valence-corrected chi connectivity index (χ0v) is 13.0. The Morgan fingerprint density at radius 3 is 2.81 bits per heavy atom. The molecule has 0 unspecified atom stereocenters. The number of likely N-dealkylation sites (tertiary alicyclic amines) is 1. The highest BCUT2D eigenvalue weighted by molar-refractivity contribution is 7.71. The van der Waals surface area contributed by atoms with Crippen LogP contribution in [0.3, 0.4) is 0 Å². The summed E-state index contributed by atoms with van der Waals surface area (Å²) in [5, 5.41) is 14.4. The highest BCUT2D eigenvalue weighted by Crippen LogP contribution is 2.17. The summed E-state index contributed by atoms with van der Waals surface area (Å²) in [6, 6.07) is 10.1. The topological polar surface area (TPSA) is 46.2 Å². The summed E-state index contributed by atoms with van der Waals surface area (Å²) in [5.74, 6) is 0.873. The summed E-state index contributed by atoms with van der Waals surface area (Å²) in [5.41, 5.74) is 1.06. The summed E-state index contributed by atoms with van der Waals surface area (Å²) in [4.78, 5) is 2.20. The number of nitrogens with zero attached hydrogens (tertiary/aromatic N) is 4. The third-order valence-electron chi connectivity index (χ3n) is 3.89. The van der Waals surface area contributed by atoms with Crippen molar-refractivity contribution < 1.29 is 5.11 Å². The second kappa shape index (κ2) is 6.09. The van der Waals surface area contributed by atoms with Gasteiger partial charge in [0, 0.05) is 25.7 Å². The van der Waals surface area contributed by atoms with Gasteiger partial charge in [-0.25, -0.2) is 4.68 Å². The van der Waals surface area contributed by atoms with E-state index in [2.05, 4.69) is 10.00 Å². The zero-order chi connectivity index (χ0) is 14.8. The van der Waals surface area contributed by atoms with Gasteiger partial charge >= 0.3 is 0 Å². The first kappa shape index (κ1) is 14.4. The smallest absolute Gasteiger partial charge is 0.199 e. The van der Waals surface area contributed by atoms with Crippen LogP contribution in [0.4, 0.5) is 0 Å². The maximum absolute atomic E-state index is 9.76. The van der Waals surface area contributed by atoms with Gasteiger partial charge in [-0.2, -0.15) is 5.10 Å². The van der Waals surface area contributed by atoms with Crippen molar-refractivity contribution in [2.45, 2.75) is 25.6 Å². The van der Waals surface area contributed by atoms with Crippen molar-refractivity contribution in [3.63, 3.8) is 0 Å². The van der Waals surface area contributed by atoms with Gasteiger partial charge in [-0.15, -0.1) is 0 Å². The lowest BCUT2D eigenvalue weighted by Gasteiger charge is -2.29. The summed E-state index contributed by atoms with van der Waals surface area (Å²) < 4.78 is 4.48. The van der Waals surface area contributed by atoms with Crippen molar-refractivity contribution >= 4 is 12.2 Å². The lowest BCUT2D eigenvalue weighted by Crippen LogP contribution is -2.39. The number of aromatic nitrogens is 3. The zero-order valence-electron chi connectivity index (χ0n) is 12.1. The van der Waals surface area contributed by atoms with Gasteiger partial charge in [0.2, 0.25) is 0 Å². The first-order valence-electron chi connectivity index (χ1n) is 7.25. The minimum absolute atomic E-state index is 0.231. The lowest BCUT2D eigenvalue weighted by atomic mass is 10.1. The van der Waals surface area contributed by atoms with Gasteiger partial charge in [-0.1, -0.05) is 30.3 Å². The van der Waals surface area contributed by atoms with E-state index in [0.29, 0.717) is 18.0 Å². The predicted molar refractivity (Wildman–Crippen MR) is 84.3 cm³/mol. The Kier molecular flexibility index (Phi) is 4.19. The molecule has 1 saturated heterocycles. The van der Waals surface area contributed by atoms with E-state index in [-0.39, 0.29) is 6.10 Å². The van der Waals surface area contributed by atoms with E-state index in [1.165, 1.54) is 0 Å². The quantitative estimate of drug-likeness (QED) is 0.882. The maximum atomic E-state index is 9.76. The molecule has 5 nitrogen and oxygen atoms in total. The largest absolute Gasteiger partial charge is 0.392 e. The molecular formula is C15H20N4OS. The summed E-state index contributed by atoms with van der Waals surface area (Å²) in [6.45, 7) is 2.31. The highest BCUT2D eigenvalue weighted by atomic mass is 32.1. The summed E-state index contributed by atoms with van der Waals surface area (Å²) in [7, 11) is 1.94. The molecular weight excluding hydrogens is 284 g/mol. The number of hydrogen-bond acceptors (Lipinski definition) is 4. The molecule has 0 radical (unpaired) electrons. The monoisotopic (exact) mass is 304 g/mol. The van der Waals surface area contributed by atoms with Crippen LogP contribution in [-0.2, 0) is 13.7 Å². The van der Waals surface area contributed by atoms with Gasteiger partial charge in [-0.05, 0) is 25.1 Å². The fourth-order valence-electron chi connectivity index (χ4n) is 2.77. The van der Waals surface area contributed by atoms with E-state index < -0.39 is 0 Å². The normalized spacial score (nSPS) is 19.8. The molecule has 2 aromatic rings. The van der Waals surface area contributed by atoms with Crippen LogP contribution in [0.1, 0.15) is 12.8 Å². The minimum atomic E-state index is -0.231. The van der Waals surface area contributed by atoms with Crippen LogP contribution in [0, 0.1) is 4.77 Å². The molecule has 0 bridgehead atoms. The molecule has 112 valence electrons. The molecule has 0 spiro atoms. The number of rotatable bonds is 3. The summed E-state index contributed by atoms with van der Waals surface area (Å²) in [6.07, 6.45) is 1.68. The predicted octanol–water partition coefficient (Wildman–Crippen LogP) is 2.03. The Labute approximate surface area is 129 Å². The molecule has 1 atom stereocenters. The second-order valence-corrected chi connectivity index (χ2v) is 5.91. The van der Waals surface area contributed by atoms with Gasteiger partial charge in [0.25, 0.3) is 0 Å². The average Bonchev–Trinajstić information content (AvgIpc) is 2.77. The van der Waals surface area contributed by atoms with Crippen molar-refractivity contribution in [2.75, 3.05) is 13.1 Å². The first-order chi connectivity index (χ1) is 10.1. The molecule has 1 fully saturated rings. The fraction of sp³-hybridized carbons (Fsp3) is 0.467. The number of aliphatic hydroxyl groups excluding tert-OH is 1.